The van der Waals surface area contributed by atoms with Gasteiger partial charge in [0.1, 0.15) is 0 Å². The minimum absolute atomic E-state index is 0. The molecule has 4 unspecified atom stereocenters. The molecule has 1 aromatic rings. The van der Waals surface area contributed by atoms with Crippen LogP contribution in [0.4, 0.5) is 5.69 Å². The average Bonchev–Trinajstić information content (AvgIpc) is 2.67. The van der Waals surface area contributed by atoms with E-state index in [0.29, 0.717) is 31.1 Å². The Kier molecular flexibility index (Phi) is 12.4. The van der Waals surface area contributed by atoms with Crippen LogP contribution in [0.25, 0.3) is 0 Å². The van der Waals surface area contributed by atoms with Gasteiger partial charge in [0, 0.05) is 43.4 Å². The van der Waals surface area contributed by atoms with E-state index in [0.717, 1.165) is 43.5 Å². The van der Waals surface area contributed by atoms with Crippen LogP contribution in [0, 0.1) is 17.8 Å². The van der Waals surface area contributed by atoms with Gasteiger partial charge < -0.3 is 14.7 Å². The molecular weight excluding hydrogens is 443 g/mol. The lowest BCUT2D eigenvalue weighted by molar-refractivity contribution is -0.0740. The number of aliphatic hydroxyl groups is 1. The Hall–Kier alpha value is -0.230. The lowest BCUT2D eigenvalue weighted by Crippen LogP contribution is -2.49. The molecule has 1 N–H and O–H groups in total. The van der Waals surface area contributed by atoms with Crippen LogP contribution in [-0.4, -0.2) is 61.5 Å². The molecule has 1 aliphatic carbocycles. The summed E-state index contributed by atoms with van der Waals surface area (Å²) in [5.41, 5.74) is 1.18. The summed E-state index contributed by atoms with van der Waals surface area (Å²) in [6.45, 7) is 11.9. The number of benzene rings is 1. The van der Waals surface area contributed by atoms with Crippen LogP contribution in [0.2, 0.25) is 5.02 Å². The summed E-state index contributed by atoms with van der Waals surface area (Å²) in [6, 6.07) is 8.05. The topological polar surface area (TPSA) is 35.9 Å². The molecule has 0 bridgehead atoms. The first kappa shape index (κ1) is 27.8. The number of aliphatic hydroxyl groups excluding tert-OH is 1. The summed E-state index contributed by atoms with van der Waals surface area (Å²) < 4.78 is 6.23. The number of piperazine rings is 1. The van der Waals surface area contributed by atoms with E-state index in [1.807, 2.05) is 18.2 Å². The number of rotatable bonds is 7. The SMILES string of the molecule is CC1CCC(C(C)C)C(OCC(O)CN2CCN(c3cccc(Cl)c3)CC2)C1.Cl.Cl. The quantitative estimate of drug-likeness (QED) is 0.584. The highest BCUT2D eigenvalue weighted by molar-refractivity contribution is 6.30. The Bertz CT molecular complexity index is 612. The summed E-state index contributed by atoms with van der Waals surface area (Å²) in [5.74, 6) is 2.01. The second-order valence-corrected chi connectivity index (χ2v) is 9.56. The normalized spacial score (nSPS) is 26.1. The van der Waals surface area contributed by atoms with Gasteiger partial charge >= 0.3 is 0 Å². The fourth-order valence-corrected chi connectivity index (χ4v) is 4.94. The van der Waals surface area contributed by atoms with E-state index in [1.54, 1.807) is 0 Å². The van der Waals surface area contributed by atoms with Crippen molar-refractivity contribution in [1.29, 1.82) is 0 Å². The molecule has 7 heteroatoms. The molecule has 2 fully saturated rings. The molecule has 30 heavy (non-hydrogen) atoms. The van der Waals surface area contributed by atoms with E-state index in [-0.39, 0.29) is 24.8 Å². The first-order valence-corrected chi connectivity index (χ1v) is 11.3. The lowest BCUT2D eigenvalue weighted by atomic mass is 9.75. The van der Waals surface area contributed by atoms with Crippen molar-refractivity contribution in [3.63, 3.8) is 0 Å². The second-order valence-electron chi connectivity index (χ2n) is 9.12. The summed E-state index contributed by atoms with van der Waals surface area (Å²) in [5, 5.41) is 11.3. The van der Waals surface area contributed by atoms with E-state index in [1.165, 1.54) is 18.5 Å². The standard InChI is InChI=1S/C23H37ClN2O2.2ClH/c1-17(2)22-8-7-18(3)13-23(22)28-16-21(27)15-25-9-11-26(12-10-25)20-6-4-5-19(24)14-20;;/h4-6,14,17-18,21-23,27H,7-13,15-16H2,1-3H3;2*1H. The van der Waals surface area contributed by atoms with E-state index < -0.39 is 6.10 Å². The summed E-state index contributed by atoms with van der Waals surface area (Å²) >= 11 is 6.11. The fraction of sp³-hybridized carbons (Fsp3) is 0.739. The van der Waals surface area contributed by atoms with Crippen LogP contribution in [0.3, 0.4) is 0 Å². The molecule has 1 heterocycles. The first-order valence-electron chi connectivity index (χ1n) is 10.9. The summed E-state index contributed by atoms with van der Waals surface area (Å²) in [7, 11) is 0. The number of β-amino-alcohol motifs (C(OH)–C–C–N with tert-alkyl or cyclic N) is 1. The van der Waals surface area contributed by atoms with Gasteiger partial charge in [-0.05, 0) is 48.8 Å². The van der Waals surface area contributed by atoms with E-state index in [9.17, 15) is 5.11 Å². The highest BCUT2D eigenvalue weighted by Gasteiger charge is 2.32. The maximum atomic E-state index is 10.5. The first-order chi connectivity index (χ1) is 13.4. The Balaban J connectivity index is 0.00000225. The number of hydrogen-bond acceptors (Lipinski definition) is 4. The molecule has 174 valence electrons. The number of nitrogens with zero attached hydrogens (tertiary/aromatic N) is 2. The fourth-order valence-electron chi connectivity index (χ4n) is 4.75. The number of halogens is 3. The van der Waals surface area contributed by atoms with Crippen molar-refractivity contribution in [2.45, 2.75) is 52.2 Å². The maximum Gasteiger partial charge on any atom is 0.0900 e. The van der Waals surface area contributed by atoms with Gasteiger partial charge in [-0.15, -0.1) is 24.8 Å². The summed E-state index contributed by atoms with van der Waals surface area (Å²) in [4.78, 5) is 4.71. The van der Waals surface area contributed by atoms with E-state index in [4.69, 9.17) is 16.3 Å². The van der Waals surface area contributed by atoms with Gasteiger partial charge in [0.25, 0.3) is 0 Å². The molecule has 0 aromatic heterocycles. The third-order valence-corrected chi connectivity index (χ3v) is 6.71. The van der Waals surface area contributed by atoms with E-state index >= 15 is 0 Å². The van der Waals surface area contributed by atoms with Gasteiger partial charge in [-0.25, -0.2) is 0 Å². The number of hydrogen-bond donors (Lipinski definition) is 1. The third-order valence-electron chi connectivity index (χ3n) is 6.48. The van der Waals surface area contributed by atoms with Gasteiger partial charge in [-0.2, -0.15) is 0 Å². The predicted molar refractivity (Wildman–Crippen MR) is 132 cm³/mol. The highest BCUT2D eigenvalue weighted by Crippen LogP contribution is 2.35. The molecule has 2 aliphatic rings. The molecule has 4 atom stereocenters. The minimum Gasteiger partial charge on any atom is -0.389 e. The zero-order valence-corrected chi connectivity index (χ0v) is 20.9. The molecular formula is C23H39Cl3N2O2. The molecule has 4 nitrogen and oxygen atoms in total. The molecule has 1 aromatic carbocycles. The maximum absolute atomic E-state index is 10.5. The highest BCUT2D eigenvalue weighted by atomic mass is 35.5. The van der Waals surface area contributed by atoms with Crippen molar-refractivity contribution in [3.8, 4) is 0 Å². The van der Waals surface area contributed by atoms with Crippen molar-refractivity contribution in [2.75, 3.05) is 44.2 Å². The van der Waals surface area contributed by atoms with Crippen LogP contribution in [0.5, 0.6) is 0 Å². The predicted octanol–water partition coefficient (Wildman–Crippen LogP) is 5.14. The van der Waals surface area contributed by atoms with Gasteiger partial charge in [-0.3, -0.25) is 4.90 Å². The zero-order valence-electron chi connectivity index (χ0n) is 18.5. The number of anilines is 1. The van der Waals surface area contributed by atoms with Crippen LogP contribution in [-0.2, 0) is 4.74 Å². The van der Waals surface area contributed by atoms with Crippen LogP contribution < -0.4 is 4.90 Å². The molecule has 0 amide bonds. The van der Waals surface area contributed by atoms with Crippen molar-refractivity contribution in [2.24, 2.45) is 17.8 Å². The monoisotopic (exact) mass is 480 g/mol. The number of ether oxygens (including phenoxy) is 1. The Morgan fingerprint density at radius 3 is 2.47 bits per heavy atom. The zero-order chi connectivity index (χ0) is 20.1. The van der Waals surface area contributed by atoms with Gasteiger partial charge in [-0.1, -0.05) is 44.9 Å². The van der Waals surface area contributed by atoms with Crippen LogP contribution in [0.1, 0.15) is 40.0 Å². The smallest absolute Gasteiger partial charge is 0.0900 e. The average molecular weight is 482 g/mol. The second kappa shape index (κ2) is 13.3. The van der Waals surface area contributed by atoms with Gasteiger partial charge in [0.15, 0.2) is 0 Å². The Labute approximate surface area is 200 Å². The molecule has 1 aliphatic heterocycles. The largest absolute Gasteiger partial charge is 0.389 e. The van der Waals surface area contributed by atoms with E-state index in [2.05, 4.69) is 36.6 Å². The van der Waals surface area contributed by atoms with Crippen LogP contribution >= 0.6 is 36.4 Å². The minimum atomic E-state index is -0.414. The third kappa shape index (κ3) is 8.03. The molecule has 0 radical (unpaired) electrons. The lowest BCUT2D eigenvalue weighted by Gasteiger charge is -2.39. The summed E-state index contributed by atoms with van der Waals surface area (Å²) in [6.07, 6.45) is 3.59. The Morgan fingerprint density at radius 2 is 1.83 bits per heavy atom. The molecule has 0 spiro atoms. The van der Waals surface area contributed by atoms with Gasteiger partial charge in [0.05, 0.1) is 18.8 Å². The molecule has 1 saturated heterocycles. The van der Waals surface area contributed by atoms with Crippen molar-refractivity contribution in [3.05, 3.63) is 29.3 Å². The van der Waals surface area contributed by atoms with Gasteiger partial charge in [0.2, 0.25) is 0 Å². The Morgan fingerprint density at radius 1 is 1.13 bits per heavy atom. The molecule has 3 rings (SSSR count). The van der Waals surface area contributed by atoms with Crippen molar-refractivity contribution in [1.82, 2.24) is 4.90 Å². The molecule has 1 saturated carbocycles. The van der Waals surface area contributed by atoms with Crippen molar-refractivity contribution >= 4 is 42.1 Å². The van der Waals surface area contributed by atoms with Crippen molar-refractivity contribution < 1.29 is 9.84 Å². The van der Waals surface area contributed by atoms with Crippen LogP contribution in [0.15, 0.2) is 24.3 Å².